The van der Waals surface area contributed by atoms with Gasteiger partial charge >= 0.3 is 0 Å². The zero-order valence-electron chi connectivity index (χ0n) is 32.8. The summed E-state index contributed by atoms with van der Waals surface area (Å²) in [5.41, 5.74) is 10.4. The molecule has 0 aliphatic rings. The minimum Gasteiger partial charge on any atom is -0.304 e. The van der Waals surface area contributed by atoms with Gasteiger partial charge in [-0.15, -0.1) is 71.8 Å². The van der Waals surface area contributed by atoms with E-state index in [1.807, 2.05) is 79.7 Å². The van der Waals surface area contributed by atoms with Gasteiger partial charge in [-0.1, -0.05) is 103 Å². The molecule has 4 heteroatoms. The number of rotatable bonds is 9. The van der Waals surface area contributed by atoms with Crippen molar-refractivity contribution >= 4 is 0 Å². The van der Waals surface area contributed by atoms with Crippen LogP contribution in [-0.4, -0.2) is 9.97 Å². The van der Waals surface area contributed by atoms with Crippen molar-refractivity contribution in [1.29, 1.82) is 0 Å². The van der Waals surface area contributed by atoms with Crippen LogP contribution in [0, 0.1) is 24.9 Å². The summed E-state index contributed by atoms with van der Waals surface area (Å²) >= 11 is 0. The van der Waals surface area contributed by atoms with Crippen LogP contribution in [0.5, 0.6) is 0 Å². The third-order valence-corrected chi connectivity index (χ3v) is 8.95. The average molecular weight is 867 g/mol. The summed E-state index contributed by atoms with van der Waals surface area (Å²) in [4.78, 5) is 9.31. The molecule has 0 N–H and O–H groups in total. The van der Waals surface area contributed by atoms with E-state index in [2.05, 4.69) is 53.5 Å². The quantitative estimate of drug-likeness (QED) is 0.135. The number of pyridine rings is 2. The Labute approximate surface area is 330 Å². The predicted octanol–water partition coefficient (Wildman–Crippen LogP) is 12.3. The standard InChI is InChI=1S/C49H35FN2.Ir/c1-34-27-36(18-17-35-19-26-48(51-32-35)40-13-7-3-8-14-40)29-42(28-34)45-30-43(50)24-25-44(45)47-33-52-49(41-15-9-4-10-16-41)31-46(47)39-22-20-38(21-23-39)37-11-5-2-6-12-37;/h2-13,15,19-33H,17-18H2,1H3;/q-2;/i17D2,18D2;. The molecule has 0 saturated heterocycles. The van der Waals surface area contributed by atoms with Gasteiger partial charge in [-0.2, -0.15) is 0 Å². The molecular formula is C49H35FIrN2-2. The largest absolute Gasteiger partial charge is 0.304 e. The Balaban J connectivity index is 0.00000496. The third-order valence-electron chi connectivity index (χ3n) is 8.95. The smallest absolute Gasteiger partial charge is 0.123 e. The van der Waals surface area contributed by atoms with Crippen molar-refractivity contribution in [2.45, 2.75) is 19.7 Å². The van der Waals surface area contributed by atoms with Gasteiger partial charge in [0, 0.05) is 43.5 Å². The van der Waals surface area contributed by atoms with Gasteiger partial charge in [-0.3, -0.25) is 0 Å². The molecule has 53 heavy (non-hydrogen) atoms. The molecule has 0 aliphatic carbocycles. The van der Waals surface area contributed by atoms with Gasteiger partial charge in [-0.25, -0.2) is 4.39 Å². The Morgan fingerprint density at radius 3 is 1.85 bits per heavy atom. The van der Waals surface area contributed by atoms with Crippen LogP contribution in [0.4, 0.5) is 4.39 Å². The van der Waals surface area contributed by atoms with E-state index in [0.29, 0.717) is 27.9 Å². The molecule has 2 aromatic heterocycles. The number of nitrogens with zero attached hydrogens (tertiary/aromatic N) is 2. The maximum absolute atomic E-state index is 15.3. The van der Waals surface area contributed by atoms with E-state index in [-0.39, 0.29) is 31.2 Å². The molecule has 8 aromatic rings. The van der Waals surface area contributed by atoms with Crippen LogP contribution < -0.4 is 0 Å². The summed E-state index contributed by atoms with van der Waals surface area (Å²) in [6, 6.07) is 54.9. The van der Waals surface area contributed by atoms with Crippen LogP contribution in [0.1, 0.15) is 22.2 Å². The summed E-state index contributed by atoms with van der Waals surface area (Å²) in [5.74, 6) is -0.454. The van der Waals surface area contributed by atoms with Crippen LogP contribution in [-0.2, 0) is 32.9 Å². The van der Waals surface area contributed by atoms with Crippen LogP contribution in [0.2, 0.25) is 0 Å². The normalized spacial score (nSPS) is 12.5. The fourth-order valence-corrected chi connectivity index (χ4v) is 6.41. The Bertz CT molecular complexity index is 2640. The first-order valence-electron chi connectivity index (χ1n) is 19.1. The molecular weight excluding hydrogens is 828 g/mol. The molecule has 6 aromatic carbocycles. The molecule has 0 bridgehead atoms. The van der Waals surface area contributed by atoms with Crippen LogP contribution in [0.25, 0.3) is 67.0 Å². The minimum absolute atomic E-state index is 0. The number of benzene rings is 6. The second-order valence-electron chi connectivity index (χ2n) is 12.6. The van der Waals surface area contributed by atoms with Crippen molar-refractivity contribution in [1.82, 2.24) is 9.97 Å². The fourth-order valence-electron chi connectivity index (χ4n) is 6.41. The Morgan fingerprint density at radius 1 is 0.509 bits per heavy atom. The molecule has 8 rings (SSSR count). The number of hydrogen-bond donors (Lipinski definition) is 0. The summed E-state index contributed by atoms with van der Waals surface area (Å²) < 4.78 is 52.0. The molecule has 0 atom stereocenters. The van der Waals surface area contributed by atoms with Gasteiger partial charge in [-0.05, 0) is 93.3 Å². The first kappa shape index (κ1) is 30.8. The third kappa shape index (κ3) is 8.16. The first-order valence-corrected chi connectivity index (χ1v) is 17.1. The van der Waals surface area contributed by atoms with E-state index >= 15 is 4.39 Å². The van der Waals surface area contributed by atoms with Crippen molar-refractivity contribution < 1.29 is 30.0 Å². The molecule has 0 aliphatic heterocycles. The Morgan fingerprint density at radius 2 is 1.15 bits per heavy atom. The maximum atomic E-state index is 15.3. The van der Waals surface area contributed by atoms with Crippen molar-refractivity contribution in [2.75, 3.05) is 0 Å². The molecule has 2 nitrogen and oxygen atoms in total. The molecule has 0 fully saturated rings. The van der Waals surface area contributed by atoms with Gasteiger partial charge in [0.1, 0.15) is 5.82 Å². The van der Waals surface area contributed by atoms with Crippen LogP contribution in [0.15, 0.2) is 170 Å². The molecule has 1 radical (unpaired) electrons. The molecule has 0 unspecified atom stereocenters. The van der Waals surface area contributed by atoms with E-state index in [4.69, 9.17) is 7.73 Å². The van der Waals surface area contributed by atoms with Gasteiger partial charge < -0.3 is 9.97 Å². The van der Waals surface area contributed by atoms with Gasteiger partial charge in [0.2, 0.25) is 0 Å². The Kier molecular flexibility index (Phi) is 9.44. The number of halogens is 1. The summed E-state index contributed by atoms with van der Waals surface area (Å²) in [6.07, 6.45) is -1.79. The molecule has 2 heterocycles. The second-order valence-corrected chi connectivity index (χ2v) is 12.6. The SMILES string of the molecule is [2H]C([2H])(c1ccc(-c2[c-]cccc2)nc1)C([2H])([2H])c1cc(C)cc(-c2cc(F)ccc2-c2cnc(-c3[c-]cccc3)cc2-c2ccc(-c3ccccc3)cc2)c1.[Ir]. The van der Waals surface area contributed by atoms with Gasteiger partial charge in [0.25, 0.3) is 0 Å². The van der Waals surface area contributed by atoms with Crippen LogP contribution >= 0.6 is 0 Å². The van der Waals surface area contributed by atoms with Gasteiger partial charge in [0.15, 0.2) is 0 Å². The van der Waals surface area contributed by atoms with E-state index in [1.165, 1.54) is 18.3 Å². The number of hydrogen-bond acceptors (Lipinski definition) is 2. The zero-order valence-corrected chi connectivity index (χ0v) is 31.2. The molecule has 259 valence electrons. The van der Waals surface area contributed by atoms with Gasteiger partial charge in [0.05, 0.1) is 0 Å². The monoisotopic (exact) mass is 867 g/mol. The van der Waals surface area contributed by atoms with E-state index < -0.39 is 18.6 Å². The van der Waals surface area contributed by atoms with Crippen molar-refractivity contribution in [3.05, 3.63) is 205 Å². The van der Waals surface area contributed by atoms with E-state index in [1.54, 1.807) is 42.6 Å². The molecule has 0 saturated carbocycles. The zero-order chi connectivity index (χ0) is 38.9. The summed E-state index contributed by atoms with van der Waals surface area (Å²) in [6.45, 7) is 1.83. The van der Waals surface area contributed by atoms with Crippen molar-refractivity contribution in [2.24, 2.45) is 0 Å². The second kappa shape index (κ2) is 16.3. The summed E-state index contributed by atoms with van der Waals surface area (Å²) in [7, 11) is 0. The first-order chi connectivity index (χ1) is 27.1. The molecule has 0 amide bonds. The molecule has 0 spiro atoms. The average Bonchev–Trinajstić information content (AvgIpc) is 3.24. The van der Waals surface area contributed by atoms with E-state index in [0.717, 1.165) is 44.6 Å². The predicted molar refractivity (Wildman–Crippen MR) is 211 cm³/mol. The Hall–Kier alpha value is -5.80. The minimum atomic E-state index is -2.50. The van der Waals surface area contributed by atoms with Crippen molar-refractivity contribution in [3.63, 3.8) is 0 Å². The topological polar surface area (TPSA) is 25.8 Å². The fraction of sp³-hybridized carbons (Fsp3) is 0.0612. The van der Waals surface area contributed by atoms with Crippen LogP contribution in [0.3, 0.4) is 0 Å². The van der Waals surface area contributed by atoms with E-state index in [9.17, 15) is 2.74 Å². The summed E-state index contributed by atoms with van der Waals surface area (Å²) in [5, 5.41) is 0. The number of aromatic nitrogens is 2. The number of aryl methyl sites for hydroxylation is 3. The van der Waals surface area contributed by atoms with Crippen molar-refractivity contribution in [3.8, 4) is 67.0 Å². The maximum Gasteiger partial charge on any atom is 0.123 e.